The average Bonchev–Trinajstić information content (AvgIpc) is 3.25. The Morgan fingerprint density at radius 1 is 0.333 bits per heavy atom. The van der Waals surface area contributed by atoms with Gasteiger partial charge in [0.05, 0.1) is 52.9 Å². The number of unbranched alkanes of at least 4 members (excludes halogenated alkanes) is 26. The van der Waals surface area contributed by atoms with E-state index < -0.39 is 0 Å². The molecular formula is C52H106N2O6. The van der Waals surface area contributed by atoms with Gasteiger partial charge in [-0.05, 0) is 12.8 Å². The summed E-state index contributed by atoms with van der Waals surface area (Å²) in [5.41, 5.74) is -0.241. The molecule has 0 bridgehead atoms. The summed E-state index contributed by atoms with van der Waals surface area (Å²) >= 11 is 0. The van der Waals surface area contributed by atoms with Gasteiger partial charge in [0, 0.05) is 63.3 Å². The second-order valence-corrected chi connectivity index (χ2v) is 19.6. The third-order valence-corrected chi connectivity index (χ3v) is 13.2. The summed E-state index contributed by atoms with van der Waals surface area (Å²) in [6.07, 6.45) is 40.4. The lowest BCUT2D eigenvalue weighted by Gasteiger charge is -2.35. The number of nitrogens with zero attached hydrogens (tertiary/aromatic N) is 2. The van der Waals surface area contributed by atoms with E-state index in [4.69, 9.17) is 18.9 Å². The molecule has 0 aliphatic carbocycles. The Kier molecular flexibility index (Phi) is 41.0. The predicted octanol–water partition coefficient (Wildman–Crippen LogP) is 12.4. The van der Waals surface area contributed by atoms with Gasteiger partial charge >= 0.3 is 0 Å². The average molecular weight is 855 g/mol. The third-order valence-electron chi connectivity index (χ3n) is 13.2. The monoisotopic (exact) mass is 855 g/mol. The zero-order valence-electron chi connectivity index (χ0n) is 40.9. The van der Waals surface area contributed by atoms with Crippen molar-refractivity contribution in [3.05, 3.63) is 0 Å². The van der Waals surface area contributed by atoms with E-state index in [-0.39, 0.29) is 24.0 Å². The molecule has 60 heavy (non-hydrogen) atoms. The smallest absolute Gasteiger partial charge is 0.0701 e. The molecule has 1 fully saturated rings. The first-order chi connectivity index (χ1) is 29.4. The normalized spacial score (nSPS) is 18.5. The van der Waals surface area contributed by atoms with E-state index in [0.29, 0.717) is 52.9 Å². The van der Waals surface area contributed by atoms with Crippen molar-refractivity contribution in [2.45, 2.75) is 220 Å². The van der Waals surface area contributed by atoms with Crippen LogP contribution in [0, 0.1) is 10.8 Å². The summed E-state index contributed by atoms with van der Waals surface area (Å²) in [6.45, 7) is 19.4. The lowest BCUT2D eigenvalue weighted by atomic mass is 9.84. The van der Waals surface area contributed by atoms with Crippen molar-refractivity contribution < 1.29 is 29.2 Å². The quantitative estimate of drug-likeness (QED) is 0.0603. The second-order valence-electron chi connectivity index (χ2n) is 19.6. The Balaban J connectivity index is 2.32. The lowest BCUT2D eigenvalue weighted by Crippen LogP contribution is -2.42. The molecule has 1 heterocycles. The highest BCUT2D eigenvalue weighted by atomic mass is 16.5. The van der Waals surface area contributed by atoms with Crippen molar-refractivity contribution in [3.63, 3.8) is 0 Å². The minimum Gasteiger partial charge on any atom is -0.396 e. The molecule has 1 saturated heterocycles. The highest BCUT2D eigenvalue weighted by molar-refractivity contribution is 4.80. The zero-order chi connectivity index (χ0) is 43.5. The van der Waals surface area contributed by atoms with Gasteiger partial charge in [0.15, 0.2) is 0 Å². The van der Waals surface area contributed by atoms with Crippen LogP contribution in [0.25, 0.3) is 0 Å². The standard InChI is InChI=1S/C52H106N2O6/c1-5-7-9-11-13-15-17-19-21-23-25-27-29-31-33-51(3,49-55)47-53-35-39-57-43-45-59-41-37-54(38-42-60-46-44-58-40-36-53)48-52(4,50-56)34-32-30-28-26-24-22-20-18-16-14-12-10-8-6-2/h55-56H,5-50H2,1-4H3. The molecule has 2 unspecified atom stereocenters. The predicted molar refractivity (Wildman–Crippen MR) is 256 cm³/mol. The molecule has 1 aliphatic heterocycles. The Labute approximate surface area is 374 Å². The molecule has 0 spiro atoms. The molecule has 8 heteroatoms. The van der Waals surface area contributed by atoms with Crippen molar-refractivity contribution in [1.29, 1.82) is 0 Å². The Bertz CT molecular complexity index is 780. The fraction of sp³-hybridized carbons (Fsp3) is 1.00. The summed E-state index contributed by atoms with van der Waals surface area (Å²) < 4.78 is 24.2. The summed E-state index contributed by atoms with van der Waals surface area (Å²) in [7, 11) is 0. The fourth-order valence-electron chi connectivity index (χ4n) is 8.95. The number of hydrogen-bond donors (Lipinski definition) is 2. The van der Waals surface area contributed by atoms with Gasteiger partial charge in [-0.3, -0.25) is 9.80 Å². The molecule has 360 valence electrons. The van der Waals surface area contributed by atoms with Crippen LogP contribution in [-0.2, 0) is 18.9 Å². The van der Waals surface area contributed by atoms with Gasteiger partial charge < -0.3 is 29.2 Å². The fourth-order valence-corrected chi connectivity index (χ4v) is 8.95. The number of aliphatic hydroxyl groups excluding tert-OH is 2. The zero-order valence-corrected chi connectivity index (χ0v) is 40.9. The Hall–Kier alpha value is -0.320. The van der Waals surface area contributed by atoms with Gasteiger partial charge in [0.1, 0.15) is 0 Å². The minimum absolute atomic E-state index is 0.121. The van der Waals surface area contributed by atoms with Crippen LogP contribution in [0.4, 0.5) is 0 Å². The molecule has 2 atom stereocenters. The maximum Gasteiger partial charge on any atom is 0.0701 e. The van der Waals surface area contributed by atoms with Crippen molar-refractivity contribution in [3.8, 4) is 0 Å². The Morgan fingerprint density at radius 3 is 0.767 bits per heavy atom. The second kappa shape index (κ2) is 42.6. The summed E-state index contributed by atoms with van der Waals surface area (Å²) in [4.78, 5) is 4.83. The number of aliphatic hydroxyl groups is 2. The molecule has 1 aliphatic rings. The van der Waals surface area contributed by atoms with Crippen LogP contribution in [0.3, 0.4) is 0 Å². The van der Waals surface area contributed by atoms with Crippen molar-refractivity contribution in [2.24, 2.45) is 10.8 Å². The van der Waals surface area contributed by atoms with Gasteiger partial charge in [-0.1, -0.05) is 207 Å². The molecule has 8 nitrogen and oxygen atoms in total. The van der Waals surface area contributed by atoms with Crippen molar-refractivity contribution in [2.75, 3.05) is 105 Å². The molecule has 0 aromatic heterocycles. The minimum atomic E-state index is -0.121. The van der Waals surface area contributed by atoms with Crippen molar-refractivity contribution in [1.82, 2.24) is 9.80 Å². The SMILES string of the molecule is CCCCCCCCCCCCCCCCC(C)(CO)CN1CCOCCOCCN(CC(C)(CO)CCCCCCCCCCCCCCCC)CCOCCOCC1. The van der Waals surface area contributed by atoms with Crippen LogP contribution in [0.5, 0.6) is 0 Å². The van der Waals surface area contributed by atoms with Crippen LogP contribution in [0.15, 0.2) is 0 Å². The van der Waals surface area contributed by atoms with E-state index >= 15 is 0 Å². The lowest BCUT2D eigenvalue weighted by molar-refractivity contribution is -0.00835. The summed E-state index contributed by atoms with van der Waals surface area (Å²) in [6, 6.07) is 0. The van der Waals surface area contributed by atoms with E-state index in [1.807, 2.05) is 0 Å². The van der Waals surface area contributed by atoms with Gasteiger partial charge in [0.25, 0.3) is 0 Å². The highest BCUT2D eigenvalue weighted by Gasteiger charge is 2.27. The largest absolute Gasteiger partial charge is 0.396 e. The number of ether oxygens (including phenoxy) is 4. The summed E-state index contributed by atoms with van der Waals surface area (Å²) in [5, 5.41) is 21.0. The topological polar surface area (TPSA) is 83.9 Å². The first kappa shape index (κ1) is 57.7. The third kappa shape index (κ3) is 36.1. The number of rotatable bonds is 36. The van der Waals surface area contributed by atoms with E-state index in [2.05, 4.69) is 37.5 Å². The van der Waals surface area contributed by atoms with E-state index in [9.17, 15) is 10.2 Å². The molecule has 0 aromatic carbocycles. The van der Waals surface area contributed by atoms with Crippen molar-refractivity contribution >= 4 is 0 Å². The molecule has 0 aromatic rings. The van der Waals surface area contributed by atoms with Crippen LogP contribution in [0.1, 0.15) is 220 Å². The van der Waals surface area contributed by atoms with Crippen LogP contribution in [-0.4, -0.2) is 125 Å². The van der Waals surface area contributed by atoms with E-state index in [1.54, 1.807) is 0 Å². The summed E-state index contributed by atoms with van der Waals surface area (Å²) in [5.74, 6) is 0. The maximum absolute atomic E-state index is 10.5. The highest BCUT2D eigenvalue weighted by Crippen LogP contribution is 2.27. The first-order valence-electron chi connectivity index (χ1n) is 26.4. The van der Waals surface area contributed by atoms with E-state index in [1.165, 1.54) is 180 Å². The molecule has 0 saturated carbocycles. The van der Waals surface area contributed by atoms with Gasteiger partial charge in [-0.2, -0.15) is 0 Å². The Morgan fingerprint density at radius 2 is 0.550 bits per heavy atom. The van der Waals surface area contributed by atoms with Gasteiger partial charge in [-0.25, -0.2) is 0 Å². The van der Waals surface area contributed by atoms with Gasteiger partial charge in [-0.15, -0.1) is 0 Å². The van der Waals surface area contributed by atoms with Crippen LogP contribution >= 0.6 is 0 Å². The molecule has 2 N–H and O–H groups in total. The maximum atomic E-state index is 10.5. The molecular weight excluding hydrogens is 749 g/mol. The van der Waals surface area contributed by atoms with E-state index in [0.717, 1.165) is 52.1 Å². The first-order valence-corrected chi connectivity index (χ1v) is 26.4. The molecule has 0 amide bonds. The molecule has 1 rings (SSSR count). The number of hydrogen-bond acceptors (Lipinski definition) is 8. The van der Waals surface area contributed by atoms with Crippen LogP contribution in [0.2, 0.25) is 0 Å². The molecule has 0 radical (unpaired) electrons. The van der Waals surface area contributed by atoms with Gasteiger partial charge in [0.2, 0.25) is 0 Å². The van der Waals surface area contributed by atoms with Crippen LogP contribution < -0.4 is 0 Å².